The Hall–Kier alpha value is -2.75. The molecule has 0 saturated carbocycles. The van der Waals surface area contributed by atoms with E-state index >= 15 is 0 Å². The molecule has 3 aromatic rings. The van der Waals surface area contributed by atoms with Gasteiger partial charge in [0.25, 0.3) is 0 Å². The highest BCUT2D eigenvalue weighted by atomic mass is 16.5. The van der Waals surface area contributed by atoms with Gasteiger partial charge in [0.1, 0.15) is 0 Å². The molecule has 0 aliphatic heterocycles. The largest absolute Gasteiger partial charge is 0.493 e. The van der Waals surface area contributed by atoms with E-state index in [-0.39, 0.29) is 0 Å². The third-order valence-corrected chi connectivity index (χ3v) is 4.01. The zero-order valence-electron chi connectivity index (χ0n) is 13.9. The van der Waals surface area contributed by atoms with Crippen LogP contribution in [-0.4, -0.2) is 14.2 Å². The molecule has 23 heavy (non-hydrogen) atoms. The molecule has 0 saturated heterocycles. The average molecular weight is 309 g/mol. The summed E-state index contributed by atoms with van der Waals surface area (Å²) in [4.78, 5) is 0. The Bertz CT molecular complexity index is 845. The van der Waals surface area contributed by atoms with E-state index in [9.17, 15) is 0 Å². The van der Waals surface area contributed by atoms with Crippen molar-refractivity contribution in [3.63, 3.8) is 0 Å². The molecule has 0 aliphatic carbocycles. The van der Waals surface area contributed by atoms with E-state index in [4.69, 9.17) is 9.47 Å². The Kier molecular flexibility index (Phi) is 4.06. The van der Waals surface area contributed by atoms with Gasteiger partial charge >= 0.3 is 0 Å². The van der Waals surface area contributed by atoms with Crippen molar-refractivity contribution in [3.05, 3.63) is 59.9 Å². The molecule has 118 valence electrons. The van der Waals surface area contributed by atoms with Gasteiger partial charge in [-0.25, -0.2) is 0 Å². The van der Waals surface area contributed by atoms with Crippen molar-refractivity contribution in [3.8, 4) is 11.5 Å². The van der Waals surface area contributed by atoms with Crippen LogP contribution in [0.5, 0.6) is 11.5 Å². The van der Waals surface area contributed by atoms with Crippen molar-refractivity contribution >= 4 is 16.5 Å². The first-order valence-electron chi connectivity index (χ1n) is 7.54. The predicted octanol–water partition coefficient (Wildman–Crippen LogP) is 3.64. The lowest BCUT2D eigenvalue weighted by Crippen LogP contribution is -2.48. The summed E-state index contributed by atoms with van der Waals surface area (Å²) in [6.07, 6.45) is 0. The summed E-state index contributed by atoms with van der Waals surface area (Å²) in [5.41, 5.74) is 6.72. The van der Waals surface area contributed by atoms with E-state index < -0.39 is 0 Å². The van der Waals surface area contributed by atoms with Crippen molar-refractivity contribution in [2.24, 2.45) is 0 Å². The number of methoxy groups -OCH3 is 2. The maximum Gasteiger partial charge on any atom is 0.217 e. The van der Waals surface area contributed by atoms with Crippen molar-refractivity contribution < 1.29 is 14.1 Å². The lowest BCUT2D eigenvalue weighted by Gasteiger charge is -2.12. The lowest BCUT2D eigenvalue weighted by atomic mass is 10.1. The highest BCUT2D eigenvalue weighted by Gasteiger charge is 2.18. The monoisotopic (exact) mass is 309 g/mol. The normalized spacial score (nSPS) is 10.6. The molecule has 0 fully saturated rings. The van der Waals surface area contributed by atoms with E-state index in [1.54, 1.807) is 14.2 Å². The van der Waals surface area contributed by atoms with Gasteiger partial charge in [-0.05, 0) is 29.7 Å². The van der Waals surface area contributed by atoms with Crippen molar-refractivity contribution in [2.45, 2.75) is 13.8 Å². The number of nitrogens with one attached hydrogen (secondary N) is 1. The van der Waals surface area contributed by atoms with Gasteiger partial charge in [0, 0.05) is 19.9 Å². The van der Waals surface area contributed by atoms with Gasteiger partial charge in [0.15, 0.2) is 11.5 Å². The number of rotatable bonds is 4. The summed E-state index contributed by atoms with van der Waals surface area (Å²) in [6.45, 7) is 4.18. The first-order valence-corrected chi connectivity index (χ1v) is 7.54. The number of fused-ring (bicyclic) bond motifs is 1. The minimum absolute atomic E-state index is 0.734. The van der Waals surface area contributed by atoms with Gasteiger partial charge in [-0.15, -0.1) is 0 Å². The summed E-state index contributed by atoms with van der Waals surface area (Å²) in [5.74, 6) is 1.48. The molecule has 4 heteroatoms. The van der Waals surface area contributed by atoms with Crippen molar-refractivity contribution in [2.75, 3.05) is 19.6 Å². The molecule has 4 nitrogen and oxygen atoms in total. The molecule has 0 unspecified atom stereocenters. The topological polar surface area (TPSA) is 34.4 Å². The zero-order chi connectivity index (χ0) is 16.4. The highest BCUT2D eigenvalue weighted by molar-refractivity contribution is 5.87. The number of hydrogen-bond acceptors (Lipinski definition) is 3. The first-order chi connectivity index (χ1) is 11.1. The maximum absolute atomic E-state index is 5.43. The second-order valence-electron chi connectivity index (χ2n) is 5.48. The first kappa shape index (κ1) is 15.2. The third-order valence-electron chi connectivity index (χ3n) is 4.01. The number of nitrogens with zero attached hydrogens (tertiary/aromatic N) is 1. The van der Waals surface area contributed by atoms with Gasteiger partial charge < -0.3 is 9.47 Å². The summed E-state index contributed by atoms with van der Waals surface area (Å²) < 4.78 is 12.9. The molecule has 0 bridgehead atoms. The zero-order valence-corrected chi connectivity index (χ0v) is 13.9. The van der Waals surface area contributed by atoms with E-state index in [2.05, 4.69) is 30.0 Å². The van der Waals surface area contributed by atoms with E-state index in [0.717, 1.165) is 39.3 Å². The highest BCUT2D eigenvalue weighted by Crippen LogP contribution is 2.33. The van der Waals surface area contributed by atoms with Crippen LogP contribution in [-0.2, 0) is 0 Å². The molecular weight excluding hydrogens is 288 g/mol. The van der Waals surface area contributed by atoms with Crippen LogP contribution >= 0.6 is 0 Å². The number of para-hydroxylation sites is 1. The van der Waals surface area contributed by atoms with E-state index in [1.165, 1.54) is 0 Å². The van der Waals surface area contributed by atoms with Crippen LogP contribution in [0, 0.1) is 13.8 Å². The maximum atomic E-state index is 5.43. The van der Waals surface area contributed by atoms with Crippen LogP contribution in [0.25, 0.3) is 10.8 Å². The minimum atomic E-state index is 0.734. The van der Waals surface area contributed by atoms with Crippen LogP contribution in [0.15, 0.2) is 48.5 Å². The van der Waals surface area contributed by atoms with Crippen LogP contribution in [0.4, 0.5) is 5.69 Å². The average Bonchev–Trinajstić information content (AvgIpc) is 2.58. The van der Waals surface area contributed by atoms with Crippen LogP contribution < -0.4 is 19.6 Å². The van der Waals surface area contributed by atoms with Crippen molar-refractivity contribution in [1.82, 2.24) is 0 Å². The van der Waals surface area contributed by atoms with Gasteiger partial charge in [-0.3, -0.25) is 0 Å². The van der Waals surface area contributed by atoms with E-state index in [1.807, 2.05) is 42.5 Å². The predicted molar refractivity (Wildman–Crippen MR) is 92.2 cm³/mol. The second kappa shape index (κ2) is 6.16. The number of aryl methyl sites for hydroxylation is 2. The van der Waals surface area contributed by atoms with Gasteiger partial charge in [-0.1, -0.05) is 22.9 Å². The standard InChI is InChI=1S/C19H21N2O2/c1-13-10-15-11-18(22-3)19(23-4)12-17(15)14(2)21(13)20-16-8-6-5-7-9-16/h5-12,20H,1-4H3/q+1. The summed E-state index contributed by atoms with van der Waals surface area (Å²) in [5, 5.41) is 2.25. The summed E-state index contributed by atoms with van der Waals surface area (Å²) in [7, 11) is 3.31. The Morgan fingerprint density at radius 1 is 0.870 bits per heavy atom. The van der Waals surface area contributed by atoms with Gasteiger partial charge in [0.05, 0.1) is 25.3 Å². The fourth-order valence-electron chi connectivity index (χ4n) is 2.82. The Morgan fingerprint density at radius 2 is 1.52 bits per heavy atom. The molecule has 1 heterocycles. The van der Waals surface area contributed by atoms with Gasteiger partial charge in [-0.2, -0.15) is 5.43 Å². The Morgan fingerprint density at radius 3 is 2.17 bits per heavy atom. The Balaban J connectivity index is 2.16. The third kappa shape index (κ3) is 2.80. The van der Waals surface area contributed by atoms with Crippen LogP contribution in [0.3, 0.4) is 0 Å². The summed E-state index contributed by atoms with van der Waals surface area (Å²) >= 11 is 0. The SMILES string of the molecule is COc1cc2cc(C)[n+](Nc3ccccc3)c(C)c2cc1OC. The quantitative estimate of drug-likeness (QED) is 0.747. The molecule has 0 aliphatic rings. The number of hydrogen-bond donors (Lipinski definition) is 1. The summed E-state index contributed by atoms with van der Waals surface area (Å²) in [6, 6.07) is 16.3. The van der Waals surface area contributed by atoms with Crippen LogP contribution in [0.1, 0.15) is 11.4 Å². The molecule has 0 amide bonds. The second-order valence-corrected chi connectivity index (χ2v) is 5.48. The van der Waals surface area contributed by atoms with Gasteiger partial charge in [0.2, 0.25) is 11.4 Å². The lowest BCUT2D eigenvalue weighted by molar-refractivity contribution is -0.654. The fourth-order valence-corrected chi connectivity index (χ4v) is 2.82. The molecule has 2 aromatic carbocycles. The fraction of sp³-hybridized carbons (Fsp3) is 0.211. The molecule has 1 aromatic heterocycles. The van der Waals surface area contributed by atoms with E-state index in [0.29, 0.717) is 0 Å². The molecular formula is C19H21N2O2+. The molecule has 1 N–H and O–H groups in total. The number of pyridine rings is 1. The molecule has 0 atom stereocenters. The molecule has 3 rings (SSSR count). The van der Waals surface area contributed by atoms with Crippen molar-refractivity contribution in [1.29, 1.82) is 0 Å². The Labute approximate surface area is 136 Å². The number of benzene rings is 2. The number of anilines is 1. The molecule has 0 radical (unpaired) electrons. The minimum Gasteiger partial charge on any atom is -0.493 e. The van der Waals surface area contributed by atoms with Crippen LogP contribution in [0.2, 0.25) is 0 Å². The number of aromatic nitrogens is 1. The smallest absolute Gasteiger partial charge is 0.217 e. The number of ether oxygens (including phenoxy) is 2. The molecule has 0 spiro atoms.